The number of nitrogens with one attached hydrogen (secondary N) is 1. The molecule has 1 N–H and O–H groups in total. The number of hydrogen-bond acceptors (Lipinski definition) is 5. The highest BCUT2D eigenvalue weighted by Crippen LogP contribution is 2.32. The van der Waals surface area contributed by atoms with Gasteiger partial charge in [0.25, 0.3) is 5.91 Å². The summed E-state index contributed by atoms with van der Waals surface area (Å²) in [5, 5.41) is 4.27. The number of carbonyl (C=O) groups is 1. The Morgan fingerprint density at radius 2 is 2.04 bits per heavy atom. The average molecular weight is 370 g/mol. The first-order valence-electron chi connectivity index (χ1n) is 8.96. The molecule has 26 heavy (non-hydrogen) atoms. The molecular formula is C20H22N2O3S. The van der Waals surface area contributed by atoms with Crippen molar-refractivity contribution < 1.29 is 14.3 Å². The van der Waals surface area contributed by atoms with Gasteiger partial charge in [-0.25, -0.2) is 5.43 Å². The Balaban J connectivity index is 1.46. The quantitative estimate of drug-likeness (QED) is 0.660. The molecule has 1 aliphatic carbocycles. The number of thiophene rings is 1. The molecule has 1 aliphatic heterocycles. The summed E-state index contributed by atoms with van der Waals surface area (Å²) in [4.78, 5) is 14.5. The van der Waals surface area contributed by atoms with Crippen molar-refractivity contribution in [2.24, 2.45) is 11.0 Å². The van der Waals surface area contributed by atoms with Crippen LogP contribution in [0.4, 0.5) is 0 Å². The van der Waals surface area contributed by atoms with Crippen LogP contribution in [0.15, 0.2) is 29.4 Å². The van der Waals surface area contributed by atoms with Crippen LogP contribution < -0.4 is 14.9 Å². The number of fused-ring (bicyclic) bond motifs is 2. The van der Waals surface area contributed by atoms with Crippen molar-refractivity contribution in [1.29, 1.82) is 0 Å². The van der Waals surface area contributed by atoms with E-state index >= 15 is 0 Å². The Morgan fingerprint density at radius 1 is 1.23 bits per heavy atom. The van der Waals surface area contributed by atoms with Gasteiger partial charge in [-0.15, -0.1) is 11.3 Å². The van der Waals surface area contributed by atoms with Crippen LogP contribution in [0.1, 0.15) is 45.9 Å². The lowest BCUT2D eigenvalue weighted by molar-refractivity contribution is 0.0959. The molecule has 0 saturated carbocycles. The van der Waals surface area contributed by atoms with Gasteiger partial charge in [0.15, 0.2) is 11.5 Å². The smallest absolute Gasteiger partial charge is 0.281 e. The van der Waals surface area contributed by atoms with Crippen molar-refractivity contribution in [1.82, 2.24) is 5.43 Å². The van der Waals surface area contributed by atoms with E-state index in [0.29, 0.717) is 19.1 Å². The third kappa shape index (κ3) is 3.46. The summed E-state index contributed by atoms with van der Waals surface area (Å²) in [7, 11) is 0. The van der Waals surface area contributed by atoms with Crippen LogP contribution in [0.5, 0.6) is 11.5 Å². The number of ether oxygens (including phenoxy) is 2. The highest BCUT2D eigenvalue weighted by molar-refractivity contribution is 7.14. The van der Waals surface area contributed by atoms with Crippen molar-refractivity contribution in [2.45, 2.75) is 33.1 Å². The number of aryl methyl sites for hydroxylation is 1. The number of hydrazone groups is 1. The average Bonchev–Trinajstić information content (AvgIpc) is 3.08. The number of amides is 1. The largest absolute Gasteiger partial charge is 0.486 e. The van der Waals surface area contributed by atoms with Gasteiger partial charge in [0.2, 0.25) is 0 Å². The highest BCUT2D eigenvalue weighted by Gasteiger charge is 2.20. The van der Waals surface area contributed by atoms with E-state index in [9.17, 15) is 4.79 Å². The van der Waals surface area contributed by atoms with Crippen LogP contribution in [-0.2, 0) is 12.8 Å². The Labute approximate surface area is 157 Å². The molecule has 0 radical (unpaired) electrons. The van der Waals surface area contributed by atoms with Gasteiger partial charge < -0.3 is 9.47 Å². The van der Waals surface area contributed by atoms with Crippen LogP contribution in [0, 0.1) is 5.92 Å². The van der Waals surface area contributed by atoms with E-state index in [1.165, 1.54) is 16.9 Å². The van der Waals surface area contributed by atoms with Crippen molar-refractivity contribution in [3.8, 4) is 11.5 Å². The summed E-state index contributed by atoms with van der Waals surface area (Å²) in [6.07, 6.45) is 3.35. The molecule has 1 aromatic carbocycles. The molecule has 6 heteroatoms. The standard InChI is InChI=1S/C20H22N2O3S/c1-12-3-6-18-15(9-12)11-19(26-18)20(23)22-21-13(2)14-4-5-16-17(10-14)25-8-7-24-16/h4-5,10-12H,3,6-9H2,1-2H3,(H,22,23)/b21-13-/t12-/m1/s1. The topological polar surface area (TPSA) is 59.9 Å². The second-order valence-corrected chi connectivity index (χ2v) is 8.04. The molecular weight excluding hydrogens is 348 g/mol. The zero-order valence-electron chi connectivity index (χ0n) is 15.0. The monoisotopic (exact) mass is 370 g/mol. The molecule has 0 spiro atoms. The molecule has 1 amide bonds. The number of carbonyl (C=O) groups excluding carboxylic acids is 1. The molecule has 1 aromatic heterocycles. The van der Waals surface area contributed by atoms with E-state index in [-0.39, 0.29) is 5.91 Å². The van der Waals surface area contributed by atoms with E-state index in [1.54, 1.807) is 11.3 Å². The van der Waals surface area contributed by atoms with Crippen LogP contribution in [0.3, 0.4) is 0 Å². The van der Waals surface area contributed by atoms with E-state index in [1.807, 2.05) is 31.2 Å². The third-order valence-corrected chi connectivity index (χ3v) is 6.07. The van der Waals surface area contributed by atoms with Gasteiger partial charge in [-0.3, -0.25) is 4.79 Å². The molecule has 0 fully saturated rings. The molecule has 4 rings (SSSR count). The van der Waals surface area contributed by atoms with Gasteiger partial charge in [0, 0.05) is 10.4 Å². The first-order valence-corrected chi connectivity index (χ1v) is 9.78. The third-order valence-electron chi connectivity index (χ3n) is 4.84. The fraction of sp³-hybridized carbons (Fsp3) is 0.400. The van der Waals surface area contributed by atoms with Gasteiger partial charge in [-0.2, -0.15) is 5.10 Å². The summed E-state index contributed by atoms with van der Waals surface area (Å²) >= 11 is 1.59. The molecule has 1 atom stereocenters. The van der Waals surface area contributed by atoms with Crippen LogP contribution >= 0.6 is 11.3 Å². The van der Waals surface area contributed by atoms with E-state index in [0.717, 1.165) is 40.5 Å². The van der Waals surface area contributed by atoms with E-state index in [4.69, 9.17) is 9.47 Å². The minimum atomic E-state index is -0.144. The van der Waals surface area contributed by atoms with Crippen molar-refractivity contribution in [2.75, 3.05) is 13.2 Å². The minimum Gasteiger partial charge on any atom is -0.486 e. The molecule has 5 nitrogen and oxygen atoms in total. The highest BCUT2D eigenvalue weighted by atomic mass is 32.1. The first kappa shape index (κ1) is 17.1. The molecule has 0 unspecified atom stereocenters. The number of nitrogens with zero attached hydrogens (tertiary/aromatic N) is 1. The predicted octanol–water partition coefficient (Wildman–Crippen LogP) is 3.80. The maximum atomic E-state index is 12.5. The Kier molecular flexibility index (Phi) is 4.68. The lowest BCUT2D eigenvalue weighted by Crippen LogP contribution is -2.19. The fourth-order valence-electron chi connectivity index (χ4n) is 3.34. The molecule has 2 aliphatic rings. The van der Waals surface area contributed by atoms with Crippen LogP contribution in [-0.4, -0.2) is 24.8 Å². The van der Waals surface area contributed by atoms with Gasteiger partial charge in [-0.05, 0) is 61.9 Å². The molecule has 136 valence electrons. The molecule has 0 saturated heterocycles. The lowest BCUT2D eigenvalue weighted by Gasteiger charge is -2.18. The van der Waals surface area contributed by atoms with Crippen LogP contribution in [0.2, 0.25) is 0 Å². The normalized spacial score (nSPS) is 19.0. The Morgan fingerprint density at radius 3 is 2.88 bits per heavy atom. The Bertz CT molecular complexity index is 872. The van der Waals surface area contributed by atoms with E-state index in [2.05, 4.69) is 17.5 Å². The second-order valence-electron chi connectivity index (χ2n) is 6.90. The molecule has 2 aromatic rings. The maximum absolute atomic E-state index is 12.5. The zero-order valence-corrected chi connectivity index (χ0v) is 15.8. The van der Waals surface area contributed by atoms with Gasteiger partial charge in [0.05, 0.1) is 10.6 Å². The molecule has 0 bridgehead atoms. The fourth-order valence-corrected chi connectivity index (χ4v) is 4.44. The summed E-state index contributed by atoms with van der Waals surface area (Å²) in [5.41, 5.74) is 5.63. The zero-order chi connectivity index (χ0) is 18.1. The van der Waals surface area contributed by atoms with Gasteiger partial charge in [-0.1, -0.05) is 6.92 Å². The molecule has 2 heterocycles. The van der Waals surface area contributed by atoms with Crippen molar-refractivity contribution in [3.05, 3.63) is 45.1 Å². The summed E-state index contributed by atoms with van der Waals surface area (Å²) in [6, 6.07) is 7.72. The predicted molar refractivity (Wildman–Crippen MR) is 103 cm³/mol. The Hall–Kier alpha value is -2.34. The maximum Gasteiger partial charge on any atom is 0.281 e. The number of hydrogen-bond donors (Lipinski definition) is 1. The summed E-state index contributed by atoms with van der Waals surface area (Å²) < 4.78 is 11.1. The SMILES string of the molecule is C/C(=N/NC(=O)c1cc2c(s1)CC[C@@H](C)C2)c1ccc2c(c1)OCCO2. The number of rotatable bonds is 3. The number of benzene rings is 1. The van der Waals surface area contributed by atoms with Crippen molar-refractivity contribution >= 4 is 23.0 Å². The van der Waals surface area contributed by atoms with Crippen LogP contribution in [0.25, 0.3) is 0 Å². The minimum absolute atomic E-state index is 0.144. The second kappa shape index (κ2) is 7.11. The van der Waals surface area contributed by atoms with Gasteiger partial charge in [0.1, 0.15) is 13.2 Å². The van der Waals surface area contributed by atoms with E-state index < -0.39 is 0 Å². The van der Waals surface area contributed by atoms with Gasteiger partial charge >= 0.3 is 0 Å². The lowest BCUT2D eigenvalue weighted by atomic mass is 9.90. The van der Waals surface area contributed by atoms with Crippen molar-refractivity contribution in [3.63, 3.8) is 0 Å². The summed E-state index contributed by atoms with van der Waals surface area (Å²) in [5.74, 6) is 2.02. The summed E-state index contributed by atoms with van der Waals surface area (Å²) in [6.45, 7) is 5.25. The first-order chi connectivity index (χ1) is 12.6.